The summed E-state index contributed by atoms with van der Waals surface area (Å²) in [5, 5.41) is 0. The number of para-hydroxylation sites is 1. The number of hydrogen-bond acceptors (Lipinski definition) is 4. The van der Waals surface area contributed by atoms with Crippen molar-refractivity contribution in [2.24, 2.45) is 0 Å². The molecule has 6 nitrogen and oxygen atoms in total. The first-order chi connectivity index (χ1) is 17.2. The molecular formula is C29H29N3O3. The van der Waals surface area contributed by atoms with E-state index in [4.69, 9.17) is 9.47 Å². The zero-order valence-corrected chi connectivity index (χ0v) is 19.6. The average Bonchev–Trinajstić information content (AvgIpc) is 3.60. The van der Waals surface area contributed by atoms with Crippen molar-refractivity contribution >= 4 is 0 Å². The molecule has 6 rings (SSSR count). The van der Waals surface area contributed by atoms with Gasteiger partial charge in [-0.1, -0.05) is 18.2 Å². The molecule has 0 amide bonds. The van der Waals surface area contributed by atoms with Gasteiger partial charge in [0.1, 0.15) is 23.9 Å². The lowest BCUT2D eigenvalue weighted by atomic mass is 10.0. The molecule has 0 unspecified atom stereocenters. The van der Waals surface area contributed by atoms with Crippen molar-refractivity contribution in [3.8, 4) is 28.6 Å². The fourth-order valence-electron chi connectivity index (χ4n) is 5.43. The Morgan fingerprint density at radius 1 is 0.657 bits per heavy atom. The van der Waals surface area contributed by atoms with Crippen LogP contribution in [0.2, 0.25) is 0 Å². The summed E-state index contributed by atoms with van der Waals surface area (Å²) in [6, 6.07) is 26.4. The van der Waals surface area contributed by atoms with E-state index in [0.717, 1.165) is 47.3 Å². The molecule has 2 bridgehead atoms. The van der Waals surface area contributed by atoms with Gasteiger partial charge in [-0.15, -0.1) is 0 Å². The Morgan fingerprint density at radius 3 is 1.74 bits per heavy atom. The highest BCUT2D eigenvalue weighted by atomic mass is 16.5. The highest BCUT2D eigenvalue weighted by molar-refractivity contribution is 5.41. The molecule has 3 aromatic carbocycles. The van der Waals surface area contributed by atoms with Crippen molar-refractivity contribution in [2.75, 3.05) is 13.2 Å². The normalized spacial score (nSPS) is 19.2. The van der Waals surface area contributed by atoms with Gasteiger partial charge < -0.3 is 9.47 Å². The molecule has 1 aromatic heterocycles. The van der Waals surface area contributed by atoms with E-state index in [-0.39, 0.29) is 5.69 Å². The van der Waals surface area contributed by atoms with Crippen LogP contribution >= 0.6 is 0 Å². The molecule has 0 radical (unpaired) electrons. The number of nitrogens with zero attached hydrogens (tertiary/aromatic N) is 3. The van der Waals surface area contributed by atoms with Gasteiger partial charge in [0, 0.05) is 31.0 Å². The lowest BCUT2D eigenvalue weighted by Crippen LogP contribution is -2.32. The molecule has 35 heavy (non-hydrogen) atoms. The highest BCUT2D eigenvalue weighted by Gasteiger charge is 2.38. The molecule has 3 heterocycles. The molecule has 2 aliphatic heterocycles. The van der Waals surface area contributed by atoms with E-state index in [1.54, 1.807) is 21.5 Å². The van der Waals surface area contributed by atoms with Crippen LogP contribution in [0.15, 0.2) is 96.1 Å². The van der Waals surface area contributed by atoms with E-state index in [1.807, 2.05) is 78.9 Å². The summed E-state index contributed by atoms with van der Waals surface area (Å²) in [4.78, 5) is 15.7. The van der Waals surface area contributed by atoms with Gasteiger partial charge in [0.05, 0.1) is 11.4 Å². The van der Waals surface area contributed by atoms with Gasteiger partial charge in [0.2, 0.25) is 0 Å². The number of aromatic nitrogens is 2. The number of ether oxygens (including phenoxy) is 2. The lowest BCUT2D eigenvalue weighted by molar-refractivity contribution is 0.194. The van der Waals surface area contributed by atoms with Gasteiger partial charge in [0.15, 0.2) is 0 Å². The first-order valence-electron chi connectivity index (χ1n) is 12.4. The third-order valence-electron chi connectivity index (χ3n) is 7.21. The monoisotopic (exact) mass is 467 g/mol. The Balaban J connectivity index is 1.10. The van der Waals surface area contributed by atoms with E-state index in [9.17, 15) is 4.79 Å². The second kappa shape index (κ2) is 9.47. The predicted octanol–water partition coefficient (Wildman–Crippen LogP) is 5.43. The summed E-state index contributed by atoms with van der Waals surface area (Å²) in [6.45, 7) is 1.70. The minimum atomic E-state index is -0.125. The van der Waals surface area contributed by atoms with Crippen LogP contribution in [0.4, 0.5) is 0 Å². The van der Waals surface area contributed by atoms with Crippen LogP contribution in [0.1, 0.15) is 25.7 Å². The number of rotatable bonds is 8. The number of fused-ring (bicyclic) bond motifs is 2. The molecule has 0 aliphatic carbocycles. The fourth-order valence-corrected chi connectivity index (χ4v) is 5.43. The van der Waals surface area contributed by atoms with Crippen LogP contribution in [0.3, 0.4) is 0 Å². The third kappa shape index (κ3) is 4.49. The van der Waals surface area contributed by atoms with Crippen molar-refractivity contribution in [1.29, 1.82) is 0 Å². The van der Waals surface area contributed by atoms with E-state index < -0.39 is 0 Å². The van der Waals surface area contributed by atoms with Gasteiger partial charge in [-0.25, -0.2) is 4.79 Å². The summed E-state index contributed by atoms with van der Waals surface area (Å²) >= 11 is 0. The van der Waals surface area contributed by atoms with E-state index in [1.165, 1.54) is 25.7 Å². The minimum absolute atomic E-state index is 0.125. The first-order valence-corrected chi connectivity index (χ1v) is 12.4. The molecule has 0 spiro atoms. The van der Waals surface area contributed by atoms with Crippen LogP contribution in [0, 0.1) is 0 Å². The maximum atomic E-state index is 13.1. The average molecular weight is 468 g/mol. The summed E-state index contributed by atoms with van der Waals surface area (Å²) in [6.07, 6.45) is 8.96. The van der Waals surface area contributed by atoms with Crippen molar-refractivity contribution in [3.63, 3.8) is 0 Å². The molecule has 0 N–H and O–H groups in total. The smallest absolute Gasteiger partial charge is 0.337 e. The molecule has 2 saturated heterocycles. The van der Waals surface area contributed by atoms with E-state index in [0.29, 0.717) is 6.61 Å². The maximum absolute atomic E-state index is 13.1. The Bertz CT molecular complexity index is 1310. The first kappa shape index (κ1) is 21.7. The van der Waals surface area contributed by atoms with Crippen molar-refractivity contribution in [3.05, 3.63) is 102 Å². The summed E-state index contributed by atoms with van der Waals surface area (Å²) in [5.41, 5.74) is 1.47. The fraction of sp³-hybridized carbons (Fsp3) is 0.276. The Kier molecular flexibility index (Phi) is 5.88. The molecule has 0 atom stereocenters. The number of benzene rings is 3. The van der Waals surface area contributed by atoms with Gasteiger partial charge >= 0.3 is 5.69 Å². The summed E-state index contributed by atoms with van der Waals surface area (Å²) in [5.74, 6) is 2.33. The van der Waals surface area contributed by atoms with Crippen molar-refractivity contribution < 1.29 is 9.47 Å². The predicted molar refractivity (Wildman–Crippen MR) is 136 cm³/mol. The topological polar surface area (TPSA) is 48.6 Å². The highest BCUT2D eigenvalue weighted by Crippen LogP contribution is 2.36. The second-order valence-electron chi connectivity index (χ2n) is 9.27. The molecule has 4 aromatic rings. The van der Waals surface area contributed by atoms with Gasteiger partial charge in [-0.3, -0.25) is 14.0 Å². The van der Waals surface area contributed by atoms with E-state index >= 15 is 0 Å². The molecule has 178 valence electrons. The Labute approximate surface area is 205 Å². The maximum Gasteiger partial charge on any atom is 0.337 e. The van der Waals surface area contributed by atoms with Crippen molar-refractivity contribution in [2.45, 2.75) is 37.8 Å². The number of imidazole rings is 1. The minimum Gasteiger partial charge on any atom is -0.492 e. The zero-order valence-electron chi connectivity index (χ0n) is 19.6. The van der Waals surface area contributed by atoms with Gasteiger partial charge in [0.25, 0.3) is 0 Å². The third-order valence-corrected chi connectivity index (χ3v) is 7.21. The largest absolute Gasteiger partial charge is 0.492 e. The van der Waals surface area contributed by atoms with Crippen LogP contribution in [-0.4, -0.2) is 39.3 Å². The lowest BCUT2D eigenvalue weighted by Gasteiger charge is -2.21. The van der Waals surface area contributed by atoms with E-state index in [2.05, 4.69) is 4.90 Å². The Hall–Kier alpha value is -3.77. The van der Waals surface area contributed by atoms with Crippen LogP contribution in [0.25, 0.3) is 11.4 Å². The van der Waals surface area contributed by atoms with Crippen LogP contribution < -0.4 is 15.2 Å². The molecular weight excluding hydrogens is 438 g/mol. The molecule has 0 saturated carbocycles. The van der Waals surface area contributed by atoms with Gasteiger partial charge in [-0.05, 0) is 86.3 Å². The van der Waals surface area contributed by atoms with Crippen molar-refractivity contribution in [1.82, 2.24) is 14.0 Å². The van der Waals surface area contributed by atoms with Crippen LogP contribution in [-0.2, 0) is 0 Å². The van der Waals surface area contributed by atoms with Crippen LogP contribution in [0.5, 0.6) is 17.2 Å². The van der Waals surface area contributed by atoms with Gasteiger partial charge in [-0.2, -0.15) is 0 Å². The molecule has 2 aliphatic rings. The zero-order chi connectivity index (χ0) is 23.6. The Morgan fingerprint density at radius 2 is 1.17 bits per heavy atom. The molecule has 6 heteroatoms. The standard InChI is InChI=1S/C29H29N3O3/c33-29-31(18-19-32(29)25-12-16-28(17-13-25)35-27-4-2-1-3-5-27)24-10-14-26(15-11-24)34-21-20-30-22-6-7-23(30)9-8-22/h1-5,10-19,22-23H,6-9,20-21H2. The number of hydrogen-bond donors (Lipinski definition) is 0. The second-order valence-corrected chi connectivity index (χ2v) is 9.27. The SMILES string of the molecule is O=c1n(-c2ccc(OCCN3C4CCC3CC4)cc2)ccn1-c1ccc(Oc2ccccc2)cc1. The molecule has 2 fully saturated rings. The summed E-state index contributed by atoms with van der Waals surface area (Å²) in [7, 11) is 0. The summed E-state index contributed by atoms with van der Waals surface area (Å²) < 4.78 is 15.1. The quantitative estimate of drug-likeness (QED) is 0.347.